The first kappa shape index (κ1) is 23.4. The molecule has 1 unspecified atom stereocenters. The highest BCUT2D eigenvalue weighted by Gasteiger charge is 2.60. The molecule has 2 amide bonds. The molecule has 0 bridgehead atoms. The number of carbonyl (C=O) groups excluding carboxylic acids is 2. The lowest BCUT2D eigenvalue weighted by Gasteiger charge is -2.48. The zero-order valence-electron chi connectivity index (χ0n) is 18.8. The van der Waals surface area contributed by atoms with Crippen molar-refractivity contribution in [1.82, 2.24) is 14.7 Å². The SMILES string of the molecule is C=CC(=O)N1CCN([C@@H](Cc2ccccc2)C(=O)N2C[C@H](OC)C[C@H]2C(=O)O)C(O)C12CC2. The van der Waals surface area contributed by atoms with Gasteiger partial charge in [0.25, 0.3) is 0 Å². The van der Waals surface area contributed by atoms with Gasteiger partial charge in [-0.15, -0.1) is 0 Å². The smallest absolute Gasteiger partial charge is 0.326 e. The number of piperazine rings is 1. The summed E-state index contributed by atoms with van der Waals surface area (Å²) in [5, 5.41) is 21.1. The second-order valence-corrected chi connectivity index (χ2v) is 9.05. The van der Waals surface area contributed by atoms with E-state index in [0.717, 1.165) is 5.56 Å². The molecule has 1 saturated carbocycles. The van der Waals surface area contributed by atoms with E-state index in [-0.39, 0.29) is 30.9 Å². The molecule has 2 aliphatic heterocycles. The van der Waals surface area contributed by atoms with E-state index in [9.17, 15) is 24.6 Å². The van der Waals surface area contributed by atoms with Crippen molar-refractivity contribution >= 4 is 17.8 Å². The Balaban J connectivity index is 1.64. The average Bonchev–Trinajstić information content (AvgIpc) is 3.48. The van der Waals surface area contributed by atoms with E-state index < -0.39 is 29.8 Å². The largest absolute Gasteiger partial charge is 0.480 e. The Morgan fingerprint density at radius 3 is 2.52 bits per heavy atom. The van der Waals surface area contributed by atoms with Crippen molar-refractivity contribution < 1.29 is 29.3 Å². The first-order valence-electron chi connectivity index (χ1n) is 11.3. The topological polar surface area (TPSA) is 111 Å². The minimum Gasteiger partial charge on any atom is -0.480 e. The molecule has 9 nitrogen and oxygen atoms in total. The molecular formula is C24H31N3O6. The first-order chi connectivity index (χ1) is 15.8. The monoisotopic (exact) mass is 457 g/mol. The summed E-state index contributed by atoms with van der Waals surface area (Å²) in [5.74, 6) is -1.64. The fraction of sp³-hybridized carbons (Fsp3) is 0.542. The molecule has 2 heterocycles. The summed E-state index contributed by atoms with van der Waals surface area (Å²) in [7, 11) is 1.51. The normalized spacial score (nSPS) is 27.4. The van der Waals surface area contributed by atoms with Gasteiger partial charge in [0.1, 0.15) is 12.3 Å². The number of hydrogen-bond donors (Lipinski definition) is 2. The van der Waals surface area contributed by atoms with E-state index in [0.29, 0.717) is 32.4 Å². The van der Waals surface area contributed by atoms with Gasteiger partial charge in [-0.2, -0.15) is 0 Å². The zero-order valence-corrected chi connectivity index (χ0v) is 18.8. The van der Waals surface area contributed by atoms with E-state index in [4.69, 9.17) is 4.74 Å². The van der Waals surface area contributed by atoms with Crippen LogP contribution in [0.1, 0.15) is 24.8 Å². The molecule has 1 spiro atoms. The summed E-state index contributed by atoms with van der Waals surface area (Å²) in [4.78, 5) is 42.9. The summed E-state index contributed by atoms with van der Waals surface area (Å²) in [6.45, 7) is 4.42. The molecular weight excluding hydrogens is 426 g/mol. The number of aliphatic hydroxyl groups is 1. The number of rotatable bonds is 7. The highest BCUT2D eigenvalue weighted by Crippen LogP contribution is 2.48. The van der Waals surface area contributed by atoms with Crippen LogP contribution < -0.4 is 0 Å². The van der Waals surface area contributed by atoms with Crippen molar-refractivity contribution in [3.05, 3.63) is 48.6 Å². The minimum absolute atomic E-state index is 0.188. The minimum atomic E-state index is -1.07. The Morgan fingerprint density at radius 2 is 1.94 bits per heavy atom. The van der Waals surface area contributed by atoms with Crippen molar-refractivity contribution in [3.8, 4) is 0 Å². The molecule has 0 aromatic heterocycles. The maximum atomic E-state index is 13.8. The molecule has 1 aliphatic carbocycles. The second kappa shape index (κ2) is 9.24. The average molecular weight is 458 g/mol. The lowest BCUT2D eigenvalue weighted by molar-refractivity contribution is -0.166. The quantitative estimate of drug-likeness (QED) is 0.573. The predicted molar refractivity (Wildman–Crippen MR) is 119 cm³/mol. The molecule has 2 saturated heterocycles. The highest BCUT2D eigenvalue weighted by molar-refractivity contribution is 5.89. The van der Waals surface area contributed by atoms with Gasteiger partial charge in [-0.3, -0.25) is 14.5 Å². The Kier molecular flexibility index (Phi) is 6.56. The van der Waals surface area contributed by atoms with Gasteiger partial charge in [0.05, 0.1) is 17.7 Å². The fourth-order valence-corrected chi connectivity index (χ4v) is 5.25. The molecule has 3 aliphatic rings. The Bertz CT molecular complexity index is 918. The lowest BCUT2D eigenvalue weighted by atomic mass is 9.98. The number of carbonyl (C=O) groups is 3. The molecule has 4 atom stereocenters. The van der Waals surface area contributed by atoms with Crippen LogP contribution in [0.2, 0.25) is 0 Å². The van der Waals surface area contributed by atoms with Crippen LogP contribution in [0.4, 0.5) is 0 Å². The number of likely N-dealkylation sites (tertiary alicyclic amines) is 1. The van der Waals surface area contributed by atoms with Gasteiger partial charge in [-0.1, -0.05) is 36.9 Å². The van der Waals surface area contributed by atoms with Gasteiger partial charge in [0.2, 0.25) is 11.8 Å². The number of carboxylic acid groups (broad SMARTS) is 1. The number of aliphatic hydroxyl groups excluding tert-OH is 1. The molecule has 9 heteroatoms. The summed E-state index contributed by atoms with van der Waals surface area (Å²) in [5.41, 5.74) is 0.178. The van der Waals surface area contributed by atoms with Crippen molar-refractivity contribution in [2.45, 2.75) is 55.6 Å². The number of carboxylic acids is 1. The maximum absolute atomic E-state index is 13.8. The van der Waals surface area contributed by atoms with Crippen LogP contribution in [0, 0.1) is 0 Å². The molecule has 178 valence electrons. The Morgan fingerprint density at radius 1 is 1.24 bits per heavy atom. The van der Waals surface area contributed by atoms with Crippen molar-refractivity contribution in [2.75, 3.05) is 26.7 Å². The van der Waals surface area contributed by atoms with Crippen LogP contribution in [0.3, 0.4) is 0 Å². The molecule has 4 rings (SSSR count). The molecule has 2 N–H and O–H groups in total. The molecule has 1 aromatic carbocycles. The van der Waals surface area contributed by atoms with Gasteiger partial charge in [0.15, 0.2) is 0 Å². The molecule has 33 heavy (non-hydrogen) atoms. The Hall–Kier alpha value is -2.75. The van der Waals surface area contributed by atoms with Crippen LogP contribution >= 0.6 is 0 Å². The van der Waals surface area contributed by atoms with E-state index in [2.05, 4.69) is 6.58 Å². The maximum Gasteiger partial charge on any atom is 0.326 e. The molecule has 3 fully saturated rings. The zero-order chi connectivity index (χ0) is 23.8. The van der Waals surface area contributed by atoms with Crippen LogP contribution in [0.25, 0.3) is 0 Å². The number of methoxy groups -OCH3 is 1. The number of amides is 2. The number of benzene rings is 1. The summed E-state index contributed by atoms with van der Waals surface area (Å²) in [6.07, 6.45) is 1.70. The third-order valence-electron chi connectivity index (χ3n) is 7.24. The van der Waals surface area contributed by atoms with Crippen LogP contribution in [0.5, 0.6) is 0 Å². The van der Waals surface area contributed by atoms with Crippen LogP contribution in [-0.2, 0) is 25.5 Å². The van der Waals surface area contributed by atoms with E-state index in [1.165, 1.54) is 18.1 Å². The van der Waals surface area contributed by atoms with Crippen LogP contribution in [-0.4, -0.2) is 99.4 Å². The van der Waals surface area contributed by atoms with Crippen molar-refractivity contribution in [3.63, 3.8) is 0 Å². The number of aliphatic carboxylic acids is 1. The standard InChI is InChI=1S/C24H31N3O6/c1-3-20(28)27-12-11-25(23(32)24(27)9-10-24)18(13-16-7-5-4-6-8-16)21(29)26-15-17(33-2)14-19(26)22(30)31/h3-8,17-19,23,32H,1,9-15H2,2H3,(H,30,31)/t17-,18+,19+,23?/m1/s1. The van der Waals surface area contributed by atoms with Gasteiger partial charge in [-0.05, 0) is 30.9 Å². The van der Waals surface area contributed by atoms with Gasteiger partial charge in [0, 0.05) is 33.2 Å². The number of nitrogens with zero attached hydrogens (tertiary/aromatic N) is 3. The third kappa shape index (κ3) is 4.28. The van der Waals surface area contributed by atoms with Gasteiger partial charge >= 0.3 is 5.97 Å². The van der Waals surface area contributed by atoms with E-state index in [1.807, 2.05) is 30.3 Å². The highest BCUT2D eigenvalue weighted by atomic mass is 16.5. The van der Waals surface area contributed by atoms with Crippen molar-refractivity contribution in [2.24, 2.45) is 0 Å². The van der Waals surface area contributed by atoms with E-state index in [1.54, 1.807) is 9.80 Å². The first-order valence-corrected chi connectivity index (χ1v) is 11.3. The summed E-state index contributed by atoms with van der Waals surface area (Å²) in [6, 6.07) is 7.73. The van der Waals surface area contributed by atoms with Crippen molar-refractivity contribution in [1.29, 1.82) is 0 Å². The fourth-order valence-electron chi connectivity index (χ4n) is 5.25. The van der Waals surface area contributed by atoms with E-state index >= 15 is 0 Å². The van der Waals surface area contributed by atoms with Gasteiger partial charge < -0.3 is 24.7 Å². The number of hydrogen-bond acceptors (Lipinski definition) is 6. The predicted octanol–water partition coefficient (Wildman–Crippen LogP) is 0.479. The lowest BCUT2D eigenvalue weighted by Crippen LogP contribution is -2.67. The van der Waals surface area contributed by atoms with Gasteiger partial charge in [-0.25, -0.2) is 4.79 Å². The molecule has 0 radical (unpaired) electrons. The summed E-state index contributed by atoms with van der Waals surface area (Å²) >= 11 is 0. The van der Waals surface area contributed by atoms with Crippen LogP contribution in [0.15, 0.2) is 43.0 Å². The molecule has 1 aromatic rings. The summed E-state index contributed by atoms with van der Waals surface area (Å²) < 4.78 is 5.36. The second-order valence-electron chi connectivity index (χ2n) is 9.05. The third-order valence-corrected chi connectivity index (χ3v) is 7.24. The number of ether oxygens (including phenoxy) is 1. The Labute approximate surface area is 193 Å².